The molecule has 3 heteroatoms. The number of rotatable bonds is 2. The maximum atomic E-state index is 12.8. The number of nitrogens with two attached hydrogens (primary N) is 1. The van der Waals surface area contributed by atoms with Gasteiger partial charge in [-0.3, -0.25) is 4.79 Å². The third kappa shape index (κ3) is 3.05. The van der Waals surface area contributed by atoms with Crippen LogP contribution in [-0.4, -0.2) is 29.9 Å². The lowest BCUT2D eigenvalue weighted by Crippen LogP contribution is -2.46. The van der Waals surface area contributed by atoms with Gasteiger partial charge >= 0.3 is 0 Å². The number of hydrogen-bond acceptors (Lipinski definition) is 2. The molecule has 3 nitrogen and oxygen atoms in total. The van der Waals surface area contributed by atoms with E-state index < -0.39 is 0 Å². The molecule has 0 aromatic heterocycles. The number of hydrogen-bond donors (Lipinski definition) is 1. The van der Waals surface area contributed by atoms with Gasteiger partial charge in [-0.15, -0.1) is 0 Å². The van der Waals surface area contributed by atoms with E-state index in [2.05, 4.69) is 11.8 Å². The van der Waals surface area contributed by atoms with Crippen molar-refractivity contribution in [3.8, 4) is 0 Å². The summed E-state index contributed by atoms with van der Waals surface area (Å²) in [5.41, 5.74) is 5.86. The average molecular weight is 252 g/mol. The van der Waals surface area contributed by atoms with Gasteiger partial charge in [-0.05, 0) is 45.1 Å². The third-order valence-electron chi connectivity index (χ3n) is 4.87. The fourth-order valence-corrected chi connectivity index (χ4v) is 3.63. The maximum absolute atomic E-state index is 12.8. The van der Waals surface area contributed by atoms with Crippen LogP contribution >= 0.6 is 0 Å². The second-order valence-electron chi connectivity index (χ2n) is 6.12. The summed E-state index contributed by atoms with van der Waals surface area (Å²) in [5.74, 6) is 1.05. The van der Waals surface area contributed by atoms with Crippen LogP contribution in [0.3, 0.4) is 0 Å². The molecule has 3 unspecified atom stereocenters. The van der Waals surface area contributed by atoms with Crippen LogP contribution in [0.25, 0.3) is 0 Å². The Bertz CT molecular complexity index is 276. The second-order valence-corrected chi connectivity index (χ2v) is 6.12. The molecular weight excluding hydrogens is 224 g/mol. The van der Waals surface area contributed by atoms with Crippen molar-refractivity contribution in [3.63, 3.8) is 0 Å². The Morgan fingerprint density at radius 2 is 1.83 bits per heavy atom. The third-order valence-corrected chi connectivity index (χ3v) is 4.87. The van der Waals surface area contributed by atoms with E-state index in [1.54, 1.807) is 0 Å². The molecule has 1 aliphatic heterocycles. The van der Waals surface area contributed by atoms with Crippen molar-refractivity contribution < 1.29 is 4.79 Å². The summed E-state index contributed by atoms with van der Waals surface area (Å²) in [7, 11) is 0. The van der Waals surface area contributed by atoms with E-state index in [0.29, 0.717) is 24.4 Å². The minimum absolute atomic E-state index is 0.212. The quantitative estimate of drug-likeness (QED) is 0.821. The molecule has 0 radical (unpaired) electrons. The molecule has 1 saturated carbocycles. The van der Waals surface area contributed by atoms with Gasteiger partial charge in [-0.1, -0.05) is 25.7 Å². The fraction of sp³-hybridized carbons (Fsp3) is 0.933. The molecule has 1 saturated heterocycles. The van der Waals surface area contributed by atoms with Gasteiger partial charge in [0.05, 0.1) is 0 Å². The largest absolute Gasteiger partial charge is 0.340 e. The molecule has 3 atom stereocenters. The van der Waals surface area contributed by atoms with E-state index >= 15 is 0 Å². The molecule has 1 aliphatic carbocycles. The molecule has 0 spiro atoms. The van der Waals surface area contributed by atoms with Gasteiger partial charge in [0.15, 0.2) is 0 Å². The first kappa shape index (κ1) is 13.9. The van der Waals surface area contributed by atoms with E-state index in [1.807, 2.05) is 0 Å². The van der Waals surface area contributed by atoms with Crippen LogP contribution in [0, 0.1) is 11.8 Å². The highest BCUT2D eigenvalue weighted by atomic mass is 16.2. The van der Waals surface area contributed by atoms with E-state index in [0.717, 1.165) is 19.4 Å². The normalized spacial score (nSPS) is 34.1. The molecule has 0 bridgehead atoms. The summed E-state index contributed by atoms with van der Waals surface area (Å²) in [6.07, 6.45) is 9.56. The summed E-state index contributed by atoms with van der Waals surface area (Å²) in [4.78, 5) is 14.9. The van der Waals surface area contributed by atoms with Crippen LogP contribution in [0.4, 0.5) is 0 Å². The molecular formula is C15H28N2O. The summed E-state index contributed by atoms with van der Waals surface area (Å²) >= 11 is 0. The lowest BCUT2D eigenvalue weighted by atomic mass is 9.78. The first-order valence-corrected chi connectivity index (χ1v) is 7.74. The predicted molar refractivity (Wildman–Crippen MR) is 74.1 cm³/mol. The van der Waals surface area contributed by atoms with Gasteiger partial charge in [0, 0.05) is 18.5 Å². The zero-order valence-electron chi connectivity index (χ0n) is 11.7. The molecule has 2 aliphatic rings. The summed E-state index contributed by atoms with van der Waals surface area (Å²) in [6.45, 7) is 3.86. The standard InChI is InChI=1S/C15H28N2O/c1-12-7-3-2-6-10-17(12)15(18)14-9-5-4-8-13(14)11-16/h12-14H,2-11,16H2,1H3. The predicted octanol–water partition coefficient (Wildman–Crippen LogP) is 2.54. The number of nitrogens with zero attached hydrogens (tertiary/aromatic N) is 1. The van der Waals surface area contributed by atoms with E-state index in [1.165, 1.54) is 38.5 Å². The van der Waals surface area contributed by atoms with Crippen molar-refractivity contribution in [1.29, 1.82) is 0 Å². The van der Waals surface area contributed by atoms with Crippen LogP contribution in [0.2, 0.25) is 0 Å². The van der Waals surface area contributed by atoms with Crippen LogP contribution in [0.5, 0.6) is 0 Å². The van der Waals surface area contributed by atoms with E-state index in [-0.39, 0.29) is 5.92 Å². The maximum Gasteiger partial charge on any atom is 0.226 e. The Hall–Kier alpha value is -0.570. The molecule has 1 amide bonds. The van der Waals surface area contributed by atoms with Gasteiger partial charge in [-0.2, -0.15) is 0 Å². The Morgan fingerprint density at radius 1 is 1.11 bits per heavy atom. The highest BCUT2D eigenvalue weighted by Gasteiger charge is 2.34. The summed E-state index contributed by atoms with van der Waals surface area (Å²) in [5, 5.41) is 0. The monoisotopic (exact) mass is 252 g/mol. The average Bonchev–Trinajstić information content (AvgIpc) is 2.62. The van der Waals surface area contributed by atoms with Crippen LogP contribution in [0.15, 0.2) is 0 Å². The van der Waals surface area contributed by atoms with Gasteiger partial charge in [-0.25, -0.2) is 0 Å². The lowest BCUT2D eigenvalue weighted by molar-refractivity contribution is -0.140. The summed E-state index contributed by atoms with van der Waals surface area (Å²) in [6, 6.07) is 0.431. The smallest absolute Gasteiger partial charge is 0.226 e. The van der Waals surface area contributed by atoms with Crippen LogP contribution in [-0.2, 0) is 4.79 Å². The van der Waals surface area contributed by atoms with Gasteiger partial charge in [0.1, 0.15) is 0 Å². The summed E-state index contributed by atoms with van der Waals surface area (Å²) < 4.78 is 0. The zero-order valence-corrected chi connectivity index (χ0v) is 11.7. The number of carbonyl (C=O) groups is 1. The van der Waals surface area contributed by atoms with Crippen molar-refractivity contribution >= 4 is 5.91 Å². The molecule has 18 heavy (non-hydrogen) atoms. The van der Waals surface area contributed by atoms with Crippen LogP contribution < -0.4 is 5.73 Å². The molecule has 1 heterocycles. The van der Waals surface area contributed by atoms with Crippen molar-refractivity contribution in [2.75, 3.05) is 13.1 Å². The Labute approximate surface area is 111 Å². The van der Waals surface area contributed by atoms with Crippen molar-refractivity contribution in [2.24, 2.45) is 17.6 Å². The SMILES string of the molecule is CC1CCCCCN1C(=O)C1CCCCC1CN. The zero-order chi connectivity index (χ0) is 13.0. The minimum Gasteiger partial charge on any atom is -0.340 e. The second kappa shape index (κ2) is 6.55. The molecule has 2 fully saturated rings. The molecule has 0 aromatic rings. The number of carbonyl (C=O) groups excluding carboxylic acids is 1. The minimum atomic E-state index is 0.212. The molecule has 2 N–H and O–H groups in total. The molecule has 0 aromatic carbocycles. The van der Waals surface area contributed by atoms with Gasteiger partial charge in [0.2, 0.25) is 5.91 Å². The molecule has 104 valence electrons. The van der Waals surface area contributed by atoms with Crippen molar-refractivity contribution in [2.45, 2.75) is 64.3 Å². The van der Waals surface area contributed by atoms with Crippen molar-refractivity contribution in [3.05, 3.63) is 0 Å². The Balaban J connectivity index is 2.03. The Morgan fingerprint density at radius 3 is 2.61 bits per heavy atom. The van der Waals surface area contributed by atoms with E-state index in [4.69, 9.17) is 5.73 Å². The first-order valence-electron chi connectivity index (χ1n) is 7.74. The first-order chi connectivity index (χ1) is 8.74. The number of likely N-dealkylation sites (tertiary alicyclic amines) is 1. The fourth-order valence-electron chi connectivity index (χ4n) is 3.63. The Kier molecular flexibility index (Phi) is 5.04. The highest BCUT2D eigenvalue weighted by Crippen LogP contribution is 2.32. The number of amides is 1. The van der Waals surface area contributed by atoms with E-state index in [9.17, 15) is 4.79 Å². The van der Waals surface area contributed by atoms with Gasteiger partial charge < -0.3 is 10.6 Å². The van der Waals surface area contributed by atoms with Crippen LogP contribution in [0.1, 0.15) is 58.3 Å². The molecule has 2 rings (SSSR count). The highest BCUT2D eigenvalue weighted by molar-refractivity contribution is 5.79. The lowest BCUT2D eigenvalue weighted by Gasteiger charge is -2.36. The van der Waals surface area contributed by atoms with Crippen molar-refractivity contribution in [1.82, 2.24) is 4.90 Å². The topological polar surface area (TPSA) is 46.3 Å². The van der Waals surface area contributed by atoms with Gasteiger partial charge in [0.25, 0.3) is 0 Å².